The first-order chi connectivity index (χ1) is 12.0. The van der Waals surface area contributed by atoms with Gasteiger partial charge in [-0.05, 0) is 47.0 Å². The van der Waals surface area contributed by atoms with Gasteiger partial charge in [-0.15, -0.1) is 0 Å². The molecule has 0 aliphatic heterocycles. The van der Waals surface area contributed by atoms with Crippen molar-refractivity contribution in [2.75, 3.05) is 5.32 Å². The number of hydrogen-bond donors (Lipinski definition) is 2. The maximum Gasteiger partial charge on any atom is 0.248 e. The highest BCUT2D eigenvalue weighted by molar-refractivity contribution is 6.05. The molecule has 0 fully saturated rings. The van der Waals surface area contributed by atoms with Gasteiger partial charge in [0.15, 0.2) is 0 Å². The van der Waals surface area contributed by atoms with Gasteiger partial charge in [-0.3, -0.25) is 4.79 Å². The van der Waals surface area contributed by atoms with Crippen molar-refractivity contribution in [3.63, 3.8) is 0 Å². The molecule has 3 aromatic carbocycles. The highest BCUT2D eigenvalue weighted by atomic mass is 16.3. The molecule has 1 amide bonds. The predicted molar refractivity (Wildman–Crippen MR) is 104 cm³/mol. The zero-order valence-electron chi connectivity index (χ0n) is 14.0. The highest BCUT2D eigenvalue weighted by Gasteiger charge is 2.07. The van der Waals surface area contributed by atoms with E-state index in [1.54, 1.807) is 30.3 Å². The van der Waals surface area contributed by atoms with Crippen molar-refractivity contribution >= 4 is 33.7 Å². The standard InChI is InChI=1S/C22H19NO2/c1-15(18-12-11-17-7-3-4-8-19(17)14-18)13-22(25)23-21-10-6-5-9-20(21)16(2)24/h3-14,24H,2H2,1H3,(H,23,25)/b15-13+. The first-order valence-corrected chi connectivity index (χ1v) is 8.00. The Morgan fingerprint density at radius 3 is 2.44 bits per heavy atom. The first-order valence-electron chi connectivity index (χ1n) is 8.00. The Hall–Kier alpha value is -3.33. The van der Waals surface area contributed by atoms with Crippen molar-refractivity contribution in [3.8, 4) is 0 Å². The lowest BCUT2D eigenvalue weighted by molar-refractivity contribution is -0.111. The van der Waals surface area contributed by atoms with Crippen LogP contribution in [-0.2, 0) is 4.79 Å². The van der Waals surface area contributed by atoms with Crippen LogP contribution >= 0.6 is 0 Å². The van der Waals surface area contributed by atoms with Crippen LogP contribution in [0.4, 0.5) is 5.69 Å². The lowest BCUT2D eigenvalue weighted by Gasteiger charge is -2.09. The minimum atomic E-state index is -0.251. The summed E-state index contributed by atoms with van der Waals surface area (Å²) in [5.41, 5.74) is 2.90. The summed E-state index contributed by atoms with van der Waals surface area (Å²) in [5.74, 6) is -0.328. The normalized spacial score (nSPS) is 11.3. The zero-order valence-corrected chi connectivity index (χ0v) is 14.0. The van der Waals surface area contributed by atoms with Crippen LogP contribution in [0.5, 0.6) is 0 Å². The fourth-order valence-corrected chi connectivity index (χ4v) is 2.73. The highest BCUT2D eigenvalue weighted by Crippen LogP contribution is 2.23. The Kier molecular flexibility index (Phi) is 4.66. The molecule has 3 aromatic rings. The van der Waals surface area contributed by atoms with Gasteiger partial charge in [0.2, 0.25) is 5.91 Å². The molecule has 0 aliphatic carbocycles. The predicted octanol–water partition coefficient (Wildman–Crippen LogP) is 5.41. The topological polar surface area (TPSA) is 49.3 Å². The van der Waals surface area contributed by atoms with Gasteiger partial charge < -0.3 is 10.4 Å². The maximum atomic E-state index is 12.3. The van der Waals surface area contributed by atoms with Crippen molar-refractivity contribution in [2.24, 2.45) is 0 Å². The number of rotatable bonds is 4. The molecule has 0 spiro atoms. The lowest BCUT2D eigenvalue weighted by atomic mass is 10.0. The number of allylic oxidation sites excluding steroid dienone is 1. The van der Waals surface area contributed by atoms with Crippen molar-refractivity contribution in [1.29, 1.82) is 0 Å². The van der Waals surface area contributed by atoms with Gasteiger partial charge in [0.05, 0.1) is 5.69 Å². The number of aliphatic hydroxyl groups is 1. The molecular weight excluding hydrogens is 310 g/mol. The fourth-order valence-electron chi connectivity index (χ4n) is 2.73. The number of hydrogen-bond acceptors (Lipinski definition) is 2. The summed E-state index contributed by atoms with van der Waals surface area (Å²) < 4.78 is 0. The molecule has 2 N–H and O–H groups in total. The SMILES string of the molecule is C=C(O)c1ccccc1NC(=O)/C=C(\C)c1ccc2ccccc2c1. The molecule has 25 heavy (non-hydrogen) atoms. The van der Waals surface area contributed by atoms with Gasteiger partial charge in [-0.1, -0.05) is 55.1 Å². The second-order valence-electron chi connectivity index (χ2n) is 5.87. The molecule has 0 saturated carbocycles. The van der Waals surface area contributed by atoms with E-state index < -0.39 is 0 Å². The Labute approximate surface area is 146 Å². The number of aliphatic hydroxyl groups excluding tert-OH is 1. The molecule has 0 bridgehead atoms. The van der Waals surface area contributed by atoms with Crippen LogP contribution in [-0.4, -0.2) is 11.0 Å². The molecule has 0 heterocycles. The average molecular weight is 329 g/mol. The summed E-state index contributed by atoms with van der Waals surface area (Å²) >= 11 is 0. The van der Waals surface area contributed by atoms with E-state index in [9.17, 15) is 9.90 Å². The molecule has 0 aromatic heterocycles. The van der Waals surface area contributed by atoms with Crippen molar-refractivity contribution in [1.82, 2.24) is 0 Å². The minimum Gasteiger partial charge on any atom is -0.508 e. The lowest BCUT2D eigenvalue weighted by Crippen LogP contribution is -2.10. The fraction of sp³-hybridized carbons (Fsp3) is 0.0455. The van der Waals surface area contributed by atoms with E-state index in [2.05, 4.69) is 30.1 Å². The van der Waals surface area contributed by atoms with Crippen molar-refractivity contribution in [2.45, 2.75) is 6.92 Å². The van der Waals surface area contributed by atoms with Gasteiger partial charge in [-0.25, -0.2) is 0 Å². The van der Waals surface area contributed by atoms with Crippen LogP contribution in [0.1, 0.15) is 18.1 Å². The molecule has 3 heteroatoms. The van der Waals surface area contributed by atoms with Gasteiger partial charge in [0.1, 0.15) is 5.76 Å². The van der Waals surface area contributed by atoms with Crippen LogP contribution in [0.3, 0.4) is 0 Å². The summed E-state index contributed by atoms with van der Waals surface area (Å²) in [6, 6.07) is 21.2. The molecule has 0 radical (unpaired) electrons. The van der Waals surface area contributed by atoms with E-state index in [0.29, 0.717) is 11.3 Å². The Morgan fingerprint density at radius 2 is 1.68 bits per heavy atom. The van der Waals surface area contributed by atoms with Gasteiger partial charge in [-0.2, -0.15) is 0 Å². The van der Waals surface area contributed by atoms with E-state index in [1.165, 1.54) is 5.39 Å². The second kappa shape index (κ2) is 7.05. The van der Waals surface area contributed by atoms with E-state index in [-0.39, 0.29) is 11.7 Å². The smallest absolute Gasteiger partial charge is 0.248 e. The van der Waals surface area contributed by atoms with E-state index in [4.69, 9.17) is 0 Å². The minimum absolute atomic E-state index is 0.0777. The molecule has 124 valence electrons. The zero-order chi connectivity index (χ0) is 17.8. The Bertz CT molecular complexity index is 986. The molecule has 3 rings (SSSR count). The maximum absolute atomic E-state index is 12.3. The number of fused-ring (bicyclic) bond motifs is 1. The third kappa shape index (κ3) is 3.78. The monoisotopic (exact) mass is 329 g/mol. The number of anilines is 1. The largest absolute Gasteiger partial charge is 0.508 e. The number of para-hydroxylation sites is 1. The molecule has 0 aliphatic rings. The molecule has 0 unspecified atom stereocenters. The number of amides is 1. The summed E-state index contributed by atoms with van der Waals surface area (Å²) in [7, 11) is 0. The second-order valence-corrected chi connectivity index (χ2v) is 5.87. The summed E-state index contributed by atoms with van der Waals surface area (Å²) in [6.07, 6.45) is 1.56. The molecular formula is C22H19NO2. The summed E-state index contributed by atoms with van der Waals surface area (Å²) in [6.45, 7) is 5.42. The number of carbonyl (C=O) groups excluding carboxylic acids is 1. The molecule has 3 nitrogen and oxygen atoms in total. The van der Waals surface area contributed by atoms with E-state index in [1.807, 2.05) is 31.2 Å². The molecule has 0 saturated heterocycles. The third-order valence-electron chi connectivity index (χ3n) is 4.05. The number of nitrogens with one attached hydrogen (secondary N) is 1. The third-order valence-corrected chi connectivity index (χ3v) is 4.05. The van der Waals surface area contributed by atoms with Gasteiger partial charge in [0, 0.05) is 11.6 Å². The van der Waals surface area contributed by atoms with Gasteiger partial charge in [0.25, 0.3) is 0 Å². The van der Waals surface area contributed by atoms with Crippen molar-refractivity contribution < 1.29 is 9.90 Å². The Morgan fingerprint density at radius 1 is 1.00 bits per heavy atom. The van der Waals surface area contributed by atoms with Crippen LogP contribution in [0, 0.1) is 0 Å². The number of carbonyl (C=O) groups is 1. The average Bonchev–Trinajstić information content (AvgIpc) is 2.61. The Balaban J connectivity index is 1.84. The number of benzene rings is 3. The van der Waals surface area contributed by atoms with Gasteiger partial charge >= 0.3 is 0 Å². The molecule has 0 atom stereocenters. The van der Waals surface area contributed by atoms with E-state index >= 15 is 0 Å². The van der Waals surface area contributed by atoms with Crippen LogP contribution in [0.25, 0.3) is 22.1 Å². The van der Waals surface area contributed by atoms with Crippen LogP contribution < -0.4 is 5.32 Å². The van der Waals surface area contributed by atoms with Crippen molar-refractivity contribution in [3.05, 3.63) is 90.5 Å². The van der Waals surface area contributed by atoms with E-state index in [0.717, 1.165) is 16.5 Å². The van der Waals surface area contributed by atoms with Crippen LogP contribution in [0.15, 0.2) is 79.4 Å². The first kappa shape index (κ1) is 16.5. The quantitative estimate of drug-likeness (QED) is 0.496. The van der Waals surface area contributed by atoms with Crippen LogP contribution in [0.2, 0.25) is 0 Å². The summed E-state index contributed by atoms with van der Waals surface area (Å²) in [4.78, 5) is 12.3. The summed E-state index contributed by atoms with van der Waals surface area (Å²) in [5, 5.41) is 14.7.